The van der Waals surface area contributed by atoms with E-state index in [1.54, 1.807) is 35.0 Å². The molecule has 5 nitrogen and oxygen atoms in total. The van der Waals surface area contributed by atoms with Gasteiger partial charge in [0.05, 0.1) is 15.9 Å². The summed E-state index contributed by atoms with van der Waals surface area (Å²) < 4.78 is 0. The molecule has 20 heavy (non-hydrogen) atoms. The molecule has 1 aromatic carbocycles. The zero-order valence-electron chi connectivity index (χ0n) is 11.0. The third kappa shape index (κ3) is 2.09. The number of imidazole rings is 1. The summed E-state index contributed by atoms with van der Waals surface area (Å²) in [5.74, 6) is 0.258. The van der Waals surface area contributed by atoms with Crippen LogP contribution in [0.25, 0.3) is 21.7 Å². The maximum absolute atomic E-state index is 11.4. The minimum Gasteiger partial charge on any atom is -0.337 e. The van der Waals surface area contributed by atoms with Crippen LogP contribution in [0.5, 0.6) is 0 Å². The van der Waals surface area contributed by atoms with E-state index in [9.17, 15) is 4.79 Å². The number of aromatic amines is 1. The molecule has 0 fully saturated rings. The highest BCUT2D eigenvalue weighted by molar-refractivity contribution is 7.15. The molecular formula is C14H13N3O2S. The first kappa shape index (κ1) is 12.8. The van der Waals surface area contributed by atoms with Gasteiger partial charge in [-0.3, -0.25) is 10.0 Å². The van der Waals surface area contributed by atoms with Gasteiger partial charge in [0.2, 0.25) is 0 Å². The molecule has 0 unspecified atom stereocenters. The SMILES string of the molecule is Cc1cc(-c2nc3ccc(C(=O)NO)cc3[nH]2)sc1C. The highest BCUT2D eigenvalue weighted by atomic mass is 32.1. The average molecular weight is 287 g/mol. The van der Waals surface area contributed by atoms with Crippen molar-refractivity contribution in [1.29, 1.82) is 0 Å². The number of carbonyl (C=O) groups is 1. The minimum absolute atomic E-state index is 0.383. The number of nitrogens with zero attached hydrogens (tertiary/aromatic N) is 1. The van der Waals surface area contributed by atoms with Crippen LogP contribution < -0.4 is 5.48 Å². The Morgan fingerprint density at radius 1 is 1.35 bits per heavy atom. The first-order valence-corrected chi connectivity index (χ1v) is 6.92. The van der Waals surface area contributed by atoms with Gasteiger partial charge in [-0.1, -0.05) is 0 Å². The summed E-state index contributed by atoms with van der Waals surface area (Å²) in [6.07, 6.45) is 0. The van der Waals surface area contributed by atoms with E-state index in [4.69, 9.17) is 5.21 Å². The van der Waals surface area contributed by atoms with Crippen LogP contribution >= 0.6 is 11.3 Å². The molecular weight excluding hydrogens is 274 g/mol. The van der Waals surface area contributed by atoms with Gasteiger partial charge in [0, 0.05) is 10.4 Å². The Labute approximate surface area is 119 Å². The third-order valence-electron chi connectivity index (χ3n) is 3.24. The number of amides is 1. The van der Waals surface area contributed by atoms with Crippen LogP contribution in [-0.4, -0.2) is 21.1 Å². The monoisotopic (exact) mass is 287 g/mol. The van der Waals surface area contributed by atoms with Gasteiger partial charge >= 0.3 is 0 Å². The Bertz CT molecular complexity index is 784. The van der Waals surface area contributed by atoms with E-state index in [1.165, 1.54) is 10.4 Å². The molecule has 0 saturated heterocycles. The van der Waals surface area contributed by atoms with Gasteiger partial charge in [-0.2, -0.15) is 0 Å². The molecule has 3 rings (SSSR count). The normalized spacial score (nSPS) is 10.9. The van der Waals surface area contributed by atoms with E-state index in [2.05, 4.69) is 29.9 Å². The van der Waals surface area contributed by atoms with Gasteiger partial charge in [-0.05, 0) is 43.7 Å². The van der Waals surface area contributed by atoms with Gasteiger partial charge in [-0.15, -0.1) is 11.3 Å². The zero-order valence-corrected chi connectivity index (χ0v) is 11.8. The van der Waals surface area contributed by atoms with E-state index < -0.39 is 5.91 Å². The third-order valence-corrected chi connectivity index (χ3v) is 4.40. The summed E-state index contributed by atoms with van der Waals surface area (Å²) in [5, 5.41) is 8.65. The van der Waals surface area contributed by atoms with Crippen LogP contribution in [-0.2, 0) is 0 Å². The lowest BCUT2D eigenvalue weighted by Gasteiger charge is -1.97. The first-order valence-electron chi connectivity index (χ1n) is 6.10. The number of fused-ring (bicyclic) bond motifs is 1. The molecule has 3 N–H and O–H groups in total. The summed E-state index contributed by atoms with van der Waals surface area (Å²) in [6.45, 7) is 4.15. The molecule has 2 aromatic heterocycles. The van der Waals surface area contributed by atoms with Gasteiger partial charge < -0.3 is 4.98 Å². The molecule has 0 atom stereocenters. The molecule has 0 aliphatic carbocycles. The summed E-state index contributed by atoms with van der Waals surface area (Å²) in [7, 11) is 0. The molecule has 0 saturated carbocycles. The summed E-state index contributed by atoms with van der Waals surface area (Å²) in [5.41, 5.74) is 4.81. The Balaban J connectivity index is 2.08. The maximum Gasteiger partial charge on any atom is 0.274 e. The number of hydrogen-bond acceptors (Lipinski definition) is 4. The molecule has 102 valence electrons. The van der Waals surface area contributed by atoms with Crippen LogP contribution in [0.15, 0.2) is 24.3 Å². The second-order valence-electron chi connectivity index (χ2n) is 4.61. The van der Waals surface area contributed by atoms with E-state index in [1.807, 2.05) is 0 Å². The van der Waals surface area contributed by atoms with Gasteiger partial charge in [0.1, 0.15) is 5.82 Å². The van der Waals surface area contributed by atoms with Crippen molar-refractivity contribution in [3.63, 3.8) is 0 Å². The molecule has 0 spiro atoms. The largest absolute Gasteiger partial charge is 0.337 e. The van der Waals surface area contributed by atoms with E-state index in [0.29, 0.717) is 5.56 Å². The van der Waals surface area contributed by atoms with Crippen molar-refractivity contribution in [2.75, 3.05) is 0 Å². The number of carbonyl (C=O) groups excluding carboxylic acids is 1. The van der Waals surface area contributed by atoms with E-state index in [-0.39, 0.29) is 0 Å². The Morgan fingerprint density at radius 2 is 2.15 bits per heavy atom. The lowest BCUT2D eigenvalue weighted by Crippen LogP contribution is -2.18. The van der Waals surface area contributed by atoms with Crippen molar-refractivity contribution in [3.8, 4) is 10.7 Å². The molecule has 0 aliphatic heterocycles. The molecule has 3 aromatic rings. The number of aromatic nitrogens is 2. The van der Waals surface area contributed by atoms with Crippen molar-refractivity contribution in [2.45, 2.75) is 13.8 Å². The van der Waals surface area contributed by atoms with Crippen LogP contribution in [0.1, 0.15) is 20.8 Å². The molecule has 0 bridgehead atoms. The highest BCUT2D eigenvalue weighted by Crippen LogP contribution is 2.30. The number of thiophene rings is 1. The maximum atomic E-state index is 11.4. The minimum atomic E-state index is -0.536. The summed E-state index contributed by atoms with van der Waals surface area (Å²) in [6, 6.07) is 7.15. The fourth-order valence-electron chi connectivity index (χ4n) is 2.02. The molecule has 6 heteroatoms. The molecule has 0 aliphatic rings. The van der Waals surface area contributed by atoms with Crippen LogP contribution in [0.4, 0.5) is 0 Å². The second-order valence-corrected chi connectivity index (χ2v) is 5.86. The Morgan fingerprint density at radius 3 is 2.80 bits per heavy atom. The van der Waals surface area contributed by atoms with Crippen molar-refractivity contribution in [2.24, 2.45) is 0 Å². The lowest BCUT2D eigenvalue weighted by molar-refractivity contribution is 0.0706. The molecule has 2 heterocycles. The standard InChI is InChI=1S/C14H13N3O2S/c1-7-5-12(20-8(7)2)13-15-10-4-3-9(14(18)17-19)6-11(10)16-13/h3-6,19H,1-2H3,(H,15,16)(H,17,18). The lowest BCUT2D eigenvalue weighted by atomic mass is 10.2. The number of aryl methyl sites for hydroxylation is 2. The number of hydroxylamine groups is 1. The number of benzene rings is 1. The number of H-pyrrole nitrogens is 1. The van der Waals surface area contributed by atoms with Crippen molar-refractivity contribution in [1.82, 2.24) is 15.4 Å². The van der Waals surface area contributed by atoms with Crippen molar-refractivity contribution in [3.05, 3.63) is 40.3 Å². The second kappa shape index (κ2) is 4.73. The van der Waals surface area contributed by atoms with Crippen molar-refractivity contribution < 1.29 is 10.0 Å². The number of hydrogen-bond donors (Lipinski definition) is 3. The van der Waals surface area contributed by atoms with Gasteiger partial charge in [-0.25, -0.2) is 10.5 Å². The average Bonchev–Trinajstić information content (AvgIpc) is 3.01. The summed E-state index contributed by atoms with van der Waals surface area (Å²) in [4.78, 5) is 21.5. The van der Waals surface area contributed by atoms with Crippen LogP contribution in [0.3, 0.4) is 0 Å². The number of rotatable bonds is 2. The van der Waals surface area contributed by atoms with E-state index >= 15 is 0 Å². The predicted molar refractivity (Wildman–Crippen MR) is 78.1 cm³/mol. The Kier molecular flexibility index (Phi) is 3.04. The fraction of sp³-hybridized carbons (Fsp3) is 0.143. The molecule has 1 amide bonds. The topological polar surface area (TPSA) is 78.0 Å². The van der Waals surface area contributed by atoms with Gasteiger partial charge in [0.15, 0.2) is 0 Å². The highest BCUT2D eigenvalue weighted by Gasteiger charge is 2.11. The fourth-order valence-corrected chi connectivity index (χ4v) is 3.00. The Hall–Kier alpha value is -2.18. The smallest absolute Gasteiger partial charge is 0.274 e. The van der Waals surface area contributed by atoms with E-state index in [0.717, 1.165) is 21.7 Å². The molecule has 0 radical (unpaired) electrons. The van der Waals surface area contributed by atoms with Crippen LogP contribution in [0, 0.1) is 13.8 Å². The van der Waals surface area contributed by atoms with Crippen molar-refractivity contribution >= 4 is 28.3 Å². The van der Waals surface area contributed by atoms with Crippen LogP contribution in [0.2, 0.25) is 0 Å². The first-order chi connectivity index (χ1) is 9.58. The summed E-state index contributed by atoms with van der Waals surface area (Å²) >= 11 is 1.68. The number of nitrogens with one attached hydrogen (secondary N) is 2. The zero-order chi connectivity index (χ0) is 14.3. The predicted octanol–water partition coefficient (Wildman–Crippen LogP) is 3.03. The quantitative estimate of drug-likeness (QED) is 0.501. The van der Waals surface area contributed by atoms with Gasteiger partial charge in [0.25, 0.3) is 5.91 Å².